The van der Waals surface area contributed by atoms with Crippen LogP contribution in [0.4, 0.5) is 0 Å². The van der Waals surface area contributed by atoms with Gasteiger partial charge in [0.15, 0.2) is 0 Å². The second-order valence-corrected chi connectivity index (χ2v) is 5.06. The van der Waals surface area contributed by atoms with E-state index in [0.29, 0.717) is 10.2 Å². The predicted octanol–water partition coefficient (Wildman–Crippen LogP) is 0.761. The van der Waals surface area contributed by atoms with Crippen molar-refractivity contribution in [1.29, 1.82) is 0 Å². The summed E-state index contributed by atoms with van der Waals surface area (Å²) >= 11 is 3.18. The van der Waals surface area contributed by atoms with Crippen LogP contribution >= 0.6 is 15.9 Å². The third-order valence-electron chi connectivity index (χ3n) is 2.52. The highest BCUT2D eigenvalue weighted by molar-refractivity contribution is 9.10. The molecule has 0 bridgehead atoms. The molecule has 0 saturated heterocycles. The maximum atomic E-state index is 11.9. The Morgan fingerprint density at radius 2 is 2.14 bits per heavy atom. The van der Waals surface area contributed by atoms with Gasteiger partial charge in [0, 0.05) is 4.47 Å². The molecule has 0 spiro atoms. The predicted molar refractivity (Wildman–Crippen MR) is 74.6 cm³/mol. The van der Waals surface area contributed by atoms with E-state index in [9.17, 15) is 14.7 Å². The Morgan fingerprint density at radius 1 is 1.38 bits per heavy atom. The normalized spacial score (nSPS) is 10.3. The van der Waals surface area contributed by atoms with Crippen molar-refractivity contribution < 1.29 is 19.8 Å². The number of carbonyl (C=O) groups excluding carboxylic acids is 1. The van der Waals surface area contributed by atoms with Crippen molar-refractivity contribution in [1.82, 2.24) is 20.3 Å². The fraction of sp³-hybridized carbons (Fsp3) is 0.167. The molecule has 1 aromatic carbocycles. The number of rotatable bonds is 5. The summed E-state index contributed by atoms with van der Waals surface area (Å²) in [6.07, 6.45) is 1.43. The van der Waals surface area contributed by atoms with E-state index in [1.807, 2.05) is 0 Å². The minimum atomic E-state index is -1.03. The zero-order valence-electron chi connectivity index (χ0n) is 10.7. The minimum absolute atomic E-state index is 0.0773. The van der Waals surface area contributed by atoms with E-state index in [2.05, 4.69) is 31.6 Å². The second kappa shape index (κ2) is 6.35. The zero-order valence-corrected chi connectivity index (χ0v) is 12.2. The van der Waals surface area contributed by atoms with Crippen LogP contribution < -0.4 is 5.32 Å². The smallest absolute Gasteiger partial charge is 0.325 e. The van der Waals surface area contributed by atoms with E-state index in [1.165, 1.54) is 18.3 Å². The largest absolute Gasteiger partial charge is 0.507 e. The van der Waals surface area contributed by atoms with Gasteiger partial charge < -0.3 is 15.5 Å². The van der Waals surface area contributed by atoms with Gasteiger partial charge in [-0.15, -0.1) is 5.10 Å². The highest BCUT2D eigenvalue weighted by Gasteiger charge is 2.12. The molecule has 0 radical (unpaired) electrons. The van der Waals surface area contributed by atoms with Gasteiger partial charge in [-0.05, 0) is 18.2 Å². The first-order chi connectivity index (χ1) is 9.95. The molecule has 0 aliphatic heterocycles. The third kappa shape index (κ3) is 4.02. The van der Waals surface area contributed by atoms with Crippen LogP contribution in [0.15, 0.2) is 28.9 Å². The number of phenolic OH excluding ortho intramolecular Hbond substituents is 1. The number of benzene rings is 1. The van der Waals surface area contributed by atoms with Crippen molar-refractivity contribution in [3.63, 3.8) is 0 Å². The molecular formula is C12H11BrN4O4. The molecule has 9 heteroatoms. The summed E-state index contributed by atoms with van der Waals surface area (Å²) in [7, 11) is 0. The van der Waals surface area contributed by atoms with Crippen molar-refractivity contribution in [3.8, 4) is 5.75 Å². The number of carboxylic acid groups (broad SMARTS) is 1. The summed E-state index contributed by atoms with van der Waals surface area (Å²) in [5.41, 5.74) is 0.553. The van der Waals surface area contributed by atoms with E-state index >= 15 is 0 Å². The molecule has 8 nitrogen and oxygen atoms in total. The molecule has 0 atom stereocenters. The Balaban J connectivity index is 1.97. The number of carbonyl (C=O) groups is 2. The Kier molecular flexibility index (Phi) is 4.53. The summed E-state index contributed by atoms with van der Waals surface area (Å²) in [6.45, 7) is -0.220. The number of amides is 1. The second-order valence-electron chi connectivity index (χ2n) is 4.15. The molecule has 0 fully saturated rings. The molecule has 0 aliphatic carbocycles. The van der Waals surface area contributed by atoms with Gasteiger partial charge in [-0.25, -0.2) is 4.68 Å². The van der Waals surface area contributed by atoms with Crippen LogP contribution in [0, 0.1) is 0 Å². The number of nitrogens with zero attached hydrogens (tertiary/aromatic N) is 3. The first-order valence-corrected chi connectivity index (χ1v) is 6.62. The van der Waals surface area contributed by atoms with Crippen LogP contribution in [0.2, 0.25) is 0 Å². The Morgan fingerprint density at radius 3 is 2.81 bits per heavy atom. The van der Waals surface area contributed by atoms with Crippen molar-refractivity contribution >= 4 is 27.8 Å². The van der Waals surface area contributed by atoms with Gasteiger partial charge >= 0.3 is 5.97 Å². The SMILES string of the molecule is O=C(O)Cn1cc(CNC(=O)c2ccc(Br)cc2O)nn1. The molecule has 2 aromatic rings. The molecule has 3 N–H and O–H groups in total. The summed E-state index contributed by atoms with van der Waals surface area (Å²) in [5, 5.41) is 28.2. The Hall–Kier alpha value is -2.42. The number of aromatic hydroxyl groups is 1. The van der Waals surface area contributed by atoms with Crippen LogP contribution in [0.3, 0.4) is 0 Å². The number of hydrogen-bond acceptors (Lipinski definition) is 5. The standard InChI is InChI=1S/C12H11BrN4O4/c13-7-1-2-9(10(18)3-7)12(21)14-4-8-5-17(16-15-8)6-11(19)20/h1-3,5,18H,4,6H2,(H,14,21)(H,19,20). The molecule has 1 heterocycles. The van der Waals surface area contributed by atoms with Gasteiger partial charge in [-0.3, -0.25) is 9.59 Å². The molecule has 110 valence electrons. The van der Waals surface area contributed by atoms with Gasteiger partial charge in [0.25, 0.3) is 5.91 Å². The number of aromatic nitrogens is 3. The fourth-order valence-electron chi connectivity index (χ4n) is 1.60. The number of halogens is 1. The van der Waals surface area contributed by atoms with Gasteiger partial charge in [0.05, 0.1) is 18.3 Å². The minimum Gasteiger partial charge on any atom is -0.507 e. The Labute approximate surface area is 127 Å². The highest BCUT2D eigenvalue weighted by Crippen LogP contribution is 2.22. The quantitative estimate of drug-likeness (QED) is 0.729. The van der Waals surface area contributed by atoms with Gasteiger partial charge in [0.1, 0.15) is 18.0 Å². The van der Waals surface area contributed by atoms with Crippen LogP contribution in [-0.4, -0.2) is 37.1 Å². The fourth-order valence-corrected chi connectivity index (χ4v) is 1.95. The first-order valence-electron chi connectivity index (χ1n) is 5.83. The van der Waals surface area contributed by atoms with E-state index in [4.69, 9.17) is 5.11 Å². The maximum Gasteiger partial charge on any atom is 0.325 e. The van der Waals surface area contributed by atoms with Gasteiger partial charge in [0.2, 0.25) is 0 Å². The molecule has 1 aromatic heterocycles. The molecule has 21 heavy (non-hydrogen) atoms. The number of phenols is 1. The molecule has 1 amide bonds. The van der Waals surface area contributed by atoms with Gasteiger partial charge in [-0.2, -0.15) is 0 Å². The summed E-state index contributed by atoms with van der Waals surface area (Å²) in [6, 6.07) is 4.53. The number of aliphatic carboxylic acids is 1. The van der Waals surface area contributed by atoms with E-state index < -0.39 is 11.9 Å². The number of hydrogen-bond donors (Lipinski definition) is 3. The summed E-state index contributed by atoms with van der Waals surface area (Å²) < 4.78 is 1.81. The third-order valence-corrected chi connectivity index (χ3v) is 3.01. The lowest BCUT2D eigenvalue weighted by molar-refractivity contribution is -0.137. The average Bonchev–Trinajstić information content (AvgIpc) is 2.82. The van der Waals surface area contributed by atoms with Crippen LogP contribution in [0.25, 0.3) is 0 Å². The average molecular weight is 355 g/mol. The topological polar surface area (TPSA) is 117 Å². The lowest BCUT2D eigenvalue weighted by Gasteiger charge is -2.05. The van der Waals surface area contributed by atoms with E-state index in [1.54, 1.807) is 6.07 Å². The summed E-state index contributed by atoms with van der Waals surface area (Å²) in [5.74, 6) is -1.64. The molecule has 0 saturated carbocycles. The lowest BCUT2D eigenvalue weighted by Crippen LogP contribution is -2.23. The molecule has 0 unspecified atom stereocenters. The van der Waals surface area contributed by atoms with Crippen LogP contribution in [-0.2, 0) is 17.9 Å². The Bertz CT molecular complexity index is 686. The van der Waals surface area contributed by atoms with E-state index in [0.717, 1.165) is 4.68 Å². The molecular weight excluding hydrogens is 344 g/mol. The molecule has 0 aliphatic rings. The van der Waals surface area contributed by atoms with Crippen molar-refractivity contribution in [2.75, 3.05) is 0 Å². The highest BCUT2D eigenvalue weighted by atomic mass is 79.9. The van der Waals surface area contributed by atoms with E-state index in [-0.39, 0.29) is 24.4 Å². The van der Waals surface area contributed by atoms with Crippen molar-refractivity contribution in [2.45, 2.75) is 13.1 Å². The molecule has 2 rings (SSSR count). The number of carboxylic acids is 1. The van der Waals surface area contributed by atoms with Crippen molar-refractivity contribution in [3.05, 3.63) is 40.1 Å². The van der Waals surface area contributed by atoms with Crippen molar-refractivity contribution in [2.24, 2.45) is 0 Å². The van der Waals surface area contributed by atoms with Gasteiger partial charge in [-0.1, -0.05) is 21.1 Å². The van der Waals surface area contributed by atoms with Crippen LogP contribution in [0.5, 0.6) is 5.75 Å². The monoisotopic (exact) mass is 354 g/mol. The lowest BCUT2D eigenvalue weighted by atomic mass is 10.2. The zero-order chi connectivity index (χ0) is 15.4. The summed E-state index contributed by atoms with van der Waals surface area (Å²) in [4.78, 5) is 22.4. The maximum absolute atomic E-state index is 11.9. The number of nitrogens with one attached hydrogen (secondary N) is 1. The first kappa shape index (κ1) is 15.0. The van der Waals surface area contributed by atoms with Crippen LogP contribution in [0.1, 0.15) is 16.1 Å².